The van der Waals surface area contributed by atoms with E-state index in [1.54, 1.807) is 0 Å². The lowest BCUT2D eigenvalue weighted by atomic mass is 9.71. The molecule has 2 unspecified atom stereocenters. The van der Waals surface area contributed by atoms with Gasteiger partial charge in [-0.15, -0.1) is 0 Å². The van der Waals surface area contributed by atoms with Crippen LogP contribution in [0.5, 0.6) is 0 Å². The first-order chi connectivity index (χ1) is 9.15. The van der Waals surface area contributed by atoms with Crippen LogP contribution in [0.4, 0.5) is 0 Å². The molecule has 2 aliphatic rings. The standard InChI is InChI=1S/C15H28N2O2/c1-12(13-6-5-9-19-13)17-14(18)10-15(11-16)7-3-2-4-8-15/h12-13H,2-11,16H2,1H3,(H,17,18). The number of hydrogen-bond donors (Lipinski definition) is 2. The van der Waals surface area contributed by atoms with Gasteiger partial charge in [0, 0.05) is 13.0 Å². The Bertz CT molecular complexity index is 295. The van der Waals surface area contributed by atoms with Gasteiger partial charge in [0.1, 0.15) is 0 Å². The van der Waals surface area contributed by atoms with Crippen LogP contribution in [0.2, 0.25) is 0 Å². The van der Waals surface area contributed by atoms with Crippen LogP contribution in [-0.4, -0.2) is 31.2 Å². The van der Waals surface area contributed by atoms with Crippen LogP contribution in [0.15, 0.2) is 0 Å². The van der Waals surface area contributed by atoms with Crippen LogP contribution >= 0.6 is 0 Å². The van der Waals surface area contributed by atoms with Crippen molar-refractivity contribution in [1.82, 2.24) is 5.32 Å². The summed E-state index contributed by atoms with van der Waals surface area (Å²) in [6, 6.07) is 0.119. The predicted molar refractivity (Wildman–Crippen MR) is 75.8 cm³/mol. The molecule has 110 valence electrons. The summed E-state index contributed by atoms with van der Waals surface area (Å²) >= 11 is 0. The van der Waals surface area contributed by atoms with Gasteiger partial charge in [-0.2, -0.15) is 0 Å². The molecule has 1 amide bonds. The highest BCUT2D eigenvalue weighted by atomic mass is 16.5. The van der Waals surface area contributed by atoms with Crippen molar-refractivity contribution in [2.24, 2.45) is 11.1 Å². The maximum atomic E-state index is 12.2. The first kappa shape index (κ1) is 14.8. The molecule has 2 fully saturated rings. The molecule has 1 aliphatic carbocycles. The summed E-state index contributed by atoms with van der Waals surface area (Å²) in [5.74, 6) is 0.148. The van der Waals surface area contributed by atoms with Crippen molar-refractivity contribution < 1.29 is 9.53 Å². The van der Waals surface area contributed by atoms with Crippen LogP contribution in [0, 0.1) is 5.41 Å². The molecular formula is C15H28N2O2. The lowest BCUT2D eigenvalue weighted by molar-refractivity contribution is -0.125. The van der Waals surface area contributed by atoms with Crippen LogP contribution in [0.25, 0.3) is 0 Å². The fourth-order valence-electron chi connectivity index (χ4n) is 3.49. The maximum absolute atomic E-state index is 12.2. The van der Waals surface area contributed by atoms with Crippen LogP contribution in [-0.2, 0) is 9.53 Å². The maximum Gasteiger partial charge on any atom is 0.220 e. The molecule has 19 heavy (non-hydrogen) atoms. The Hall–Kier alpha value is -0.610. The van der Waals surface area contributed by atoms with Crippen molar-refractivity contribution in [2.45, 2.75) is 70.4 Å². The summed E-state index contributed by atoms with van der Waals surface area (Å²) in [5.41, 5.74) is 5.99. The van der Waals surface area contributed by atoms with E-state index in [2.05, 4.69) is 5.32 Å². The molecule has 1 saturated heterocycles. The van der Waals surface area contributed by atoms with E-state index < -0.39 is 0 Å². The minimum absolute atomic E-state index is 0.0542. The molecule has 4 heteroatoms. The Labute approximate surface area is 116 Å². The number of nitrogens with two attached hydrogens (primary N) is 1. The van der Waals surface area contributed by atoms with Crippen LogP contribution in [0.1, 0.15) is 58.3 Å². The van der Waals surface area contributed by atoms with Crippen molar-refractivity contribution >= 4 is 5.91 Å². The van der Waals surface area contributed by atoms with Crippen molar-refractivity contribution in [3.05, 3.63) is 0 Å². The van der Waals surface area contributed by atoms with Gasteiger partial charge in [0.05, 0.1) is 12.1 Å². The van der Waals surface area contributed by atoms with Crippen molar-refractivity contribution in [3.63, 3.8) is 0 Å². The summed E-state index contributed by atoms with van der Waals surface area (Å²) in [7, 11) is 0. The van der Waals surface area contributed by atoms with Gasteiger partial charge in [-0.25, -0.2) is 0 Å². The second-order valence-electron chi connectivity index (χ2n) is 6.35. The quantitative estimate of drug-likeness (QED) is 0.801. The highest BCUT2D eigenvalue weighted by Gasteiger charge is 2.34. The molecule has 0 aromatic heterocycles. The summed E-state index contributed by atoms with van der Waals surface area (Å²) < 4.78 is 5.62. The lowest BCUT2D eigenvalue weighted by Crippen LogP contribution is -2.44. The highest BCUT2D eigenvalue weighted by molar-refractivity contribution is 5.77. The fourth-order valence-corrected chi connectivity index (χ4v) is 3.49. The van der Waals surface area contributed by atoms with E-state index in [4.69, 9.17) is 10.5 Å². The SMILES string of the molecule is CC(NC(=O)CC1(CN)CCCCC1)C1CCCO1. The van der Waals surface area contributed by atoms with Gasteiger partial charge in [-0.1, -0.05) is 19.3 Å². The van der Waals surface area contributed by atoms with Gasteiger partial charge in [-0.3, -0.25) is 4.79 Å². The third-order valence-electron chi connectivity index (χ3n) is 4.79. The van der Waals surface area contributed by atoms with E-state index in [0.717, 1.165) is 32.3 Å². The van der Waals surface area contributed by atoms with Gasteiger partial charge in [0.15, 0.2) is 0 Å². The first-order valence-corrected chi connectivity index (χ1v) is 7.76. The number of nitrogens with one attached hydrogen (secondary N) is 1. The molecule has 0 aromatic carbocycles. The Morgan fingerprint density at radius 1 is 1.37 bits per heavy atom. The third kappa shape index (κ3) is 3.93. The summed E-state index contributed by atoms with van der Waals surface area (Å²) in [5, 5.41) is 3.11. The Morgan fingerprint density at radius 2 is 2.11 bits per heavy atom. The van der Waals surface area contributed by atoms with Gasteiger partial charge in [0.2, 0.25) is 5.91 Å². The average Bonchev–Trinajstić information content (AvgIpc) is 2.93. The molecule has 0 bridgehead atoms. The van der Waals surface area contributed by atoms with Crippen molar-refractivity contribution in [1.29, 1.82) is 0 Å². The molecule has 0 spiro atoms. The first-order valence-electron chi connectivity index (χ1n) is 7.76. The number of hydrogen-bond acceptors (Lipinski definition) is 3. The zero-order chi connectivity index (χ0) is 13.7. The highest BCUT2D eigenvalue weighted by Crippen LogP contribution is 2.38. The Balaban J connectivity index is 1.81. The van der Waals surface area contributed by atoms with Crippen LogP contribution < -0.4 is 11.1 Å². The number of amides is 1. The summed E-state index contributed by atoms with van der Waals surface area (Å²) in [6.45, 7) is 3.51. The fraction of sp³-hybridized carbons (Fsp3) is 0.933. The van der Waals surface area contributed by atoms with Crippen molar-refractivity contribution in [3.8, 4) is 0 Å². The topological polar surface area (TPSA) is 64.4 Å². The molecule has 3 N–H and O–H groups in total. The minimum Gasteiger partial charge on any atom is -0.376 e. The monoisotopic (exact) mass is 268 g/mol. The average molecular weight is 268 g/mol. The number of carbonyl (C=O) groups excluding carboxylic acids is 1. The predicted octanol–water partition coefficient (Wildman–Crippen LogP) is 1.97. The third-order valence-corrected chi connectivity index (χ3v) is 4.79. The molecule has 1 aliphatic heterocycles. The zero-order valence-corrected chi connectivity index (χ0v) is 12.1. The molecule has 2 atom stereocenters. The molecule has 0 aromatic rings. The van der Waals surface area contributed by atoms with E-state index in [0.29, 0.717) is 13.0 Å². The summed E-state index contributed by atoms with van der Waals surface area (Å²) in [6.07, 6.45) is 8.87. The molecule has 4 nitrogen and oxygen atoms in total. The molecule has 1 heterocycles. The molecule has 1 saturated carbocycles. The minimum atomic E-state index is 0.0542. The number of ether oxygens (including phenoxy) is 1. The van der Waals surface area contributed by atoms with Crippen molar-refractivity contribution in [2.75, 3.05) is 13.2 Å². The lowest BCUT2D eigenvalue weighted by Gasteiger charge is -2.36. The number of rotatable bonds is 5. The molecular weight excluding hydrogens is 240 g/mol. The Kier molecular flexibility index (Phi) is 5.22. The van der Waals surface area contributed by atoms with Crippen LogP contribution in [0.3, 0.4) is 0 Å². The van der Waals surface area contributed by atoms with E-state index in [9.17, 15) is 4.79 Å². The number of carbonyl (C=O) groups is 1. The van der Waals surface area contributed by atoms with E-state index in [-0.39, 0.29) is 23.5 Å². The molecule has 2 rings (SSSR count). The van der Waals surface area contributed by atoms with Gasteiger partial charge >= 0.3 is 0 Å². The summed E-state index contributed by atoms with van der Waals surface area (Å²) in [4.78, 5) is 12.2. The normalized spacial score (nSPS) is 28.0. The van der Waals surface area contributed by atoms with Gasteiger partial charge in [-0.05, 0) is 44.6 Å². The largest absolute Gasteiger partial charge is 0.376 e. The van der Waals surface area contributed by atoms with E-state index in [1.165, 1.54) is 19.3 Å². The van der Waals surface area contributed by atoms with Gasteiger partial charge in [0.25, 0.3) is 0 Å². The van der Waals surface area contributed by atoms with Gasteiger partial charge < -0.3 is 15.8 Å². The zero-order valence-electron chi connectivity index (χ0n) is 12.1. The second-order valence-corrected chi connectivity index (χ2v) is 6.35. The smallest absolute Gasteiger partial charge is 0.220 e. The second kappa shape index (κ2) is 6.71. The van der Waals surface area contributed by atoms with E-state index >= 15 is 0 Å². The Morgan fingerprint density at radius 3 is 2.68 bits per heavy atom. The van der Waals surface area contributed by atoms with E-state index in [1.807, 2.05) is 6.92 Å². The molecule has 0 radical (unpaired) electrons.